The fourth-order valence-corrected chi connectivity index (χ4v) is 4.32. The van der Waals surface area contributed by atoms with Crippen molar-refractivity contribution in [1.29, 1.82) is 5.26 Å². The number of nitriles is 1. The minimum Gasteiger partial charge on any atom is -0.506 e. The number of anilines is 1. The van der Waals surface area contributed by atoms with Crippen molar-refractivity contribution >= 4 is 33.8 Å². The molecule has 0 spiro atoms. The topological polar surface area (TPSA) is 111 Å². The van der Waals surface area contributed by atoms with Crippen molar-refractivity contribution in [2.45, 2.75) is 6.54 Å². The van der Waals surface area contributed by atoms with E-state index in [1.807, 2.05) is 12.1 Å². The van der Waals surface area contributed by atoms with Gasteiger partial charge in [-0.2, -0.15) is 5.26 Å². The van der Waals surface area contributed by atoms with Crippen molar-refractivity contribution in [3.63, 3.8) is 0 Å². The lowest BCUT2D eigenvalue weighted by molar-refractivity contribution is 0.105. The van der Waals surface area contributed by atoms with E-state index in [4.69, 9.17) is 10.00 Å². The molecule has 0 bridgehead atoms. The molecule has 1 heterocycles. The maximum Gasteiger partial charge on any atom is 0.204 e. The highest BCUT2D eigenvalue weighted by molar-refractivity contribution is 6.33. The fraction of sp³-hybridized carbons (Fsp3) is 0.0645. The number of H-pyrrole nitrogens is 1. The molecule has 0 aliphatic heterocycles. The van der Waals surface area contributed by atoms with Crippen molar-refractivity contribution in [3.05, 3.63) is 125 Å². The van der Waals surface area contributed by atoms with Gasteiger partial charge in [-0.05, 0) is 60.2 Å². The third-order valence-corrected chi connectivity index (χ3v) is 6.22. The van der Waals surface area contributed by atoms with Crippen molar-refractivity contribution in [1.82, 2.24) is 9.97 Å². The average molecular weight is 537 g/mol. The van der Waals surface area contributed by atoms with Crippen LogP contribution in [0.4, 0.5) is 14.5 Å². The number of aliphatic hydroxyl groups excluding tert-OH is 1. The highest BCUT2D eigenvalue weighted by Crippen LogP contribution is 2.32. The van der Waals surface area contributed by atoms with Gasteiger partial charge in [-0.15, -0.1) is 0 Å². The normalized spacial score (nSPS) is 11.6. The third kappa shape index (κ3) is 5.37. The van der Waals surface area contributed by atoms with E-state index >= 15 is 0 Å². The summed E-state index contributed by atoms with van der Waals surface area (Å²) in [6.45, 7) is 0.464. The van der Waals surface area contributed by atoms with Crippen molar-refractivity contribution in [3.8, 4) is 11.8 Å². The summed E-state index contributed by atoms with van der Waals surface area (Å²) in [5, 5.41) is 23.6. The molecule has 1 aromatic heterocycles. The van der Waals surface area contributed by atoms with Gasteiger partial charge in [0.15, 0.2) is 0 Å². The van der Waals surface area contributed by atoms with Crippen LogP contribution in [0.25, 0.3) is 22.4 Å². The van der Waals surface area contributed by atoms with Crippen LogP contribution >= 0.6 is 0 Å². The maximum absolute atomic E-state index is 14.0. The maximum atomic E-state index is 14.0. The molecule has 0 saturated heterocycles. The SMILES string of the molecule is COc1ccccc1C(=O)C(=C(O)c1cc(F)cc(F)c1)c1nc2ccc(NCc3cccc(C#N)c3)cc2[nH]1. The van der Waals surface area contributed by atoms with Crippen LogP contribution in [-0.2, 0) is 6.54 Å². The Kier molecular flexibility index (Phi) is 7.25. The molecule has 9 heteroatoms. The number of nitrogens with zero attached hydrogens (tertiary/aromatic N) is 2. The average Bonchev–Trinajstić information content (AvgIpc) is 3.38. The largest absolute Gasteiger partial charge is 0.506 e. The lowest BCUT2D eigenvalue weighted by Crippen LogP contribution is -2.09. The van der Waals surface area contributed by atoms with Gasteiger partial charge in [0, 0.05) is 23.9 Å². The monoisotopic (exact) mass is 536 g/mol. The number of carbonyl (C=O) groups excluding carboxylic acids is 1. The number of hydrogen-bond donors (Lipinski definition) is 3. The van der Waals surface area contributed by atoms with Gasteiger partial charge < -0.3 is 20.1 Å². The number of hydrogen-bond acceptors (Lipinski definition) is 6. The number of aromatic nitrogens is 2. The van der Waals surface area contributed by atoms with Gasteiger partial charge in [-0.25, -0.2) is 13.8 Å². The minimum absolute atomic E-state index is 0.00643. The van der Waals surface area contributed by atoms with Crippen molar-refractivity contribution in [2.75, 3.05) is 12.4 Å². The number of aliphatic hydroxyl groups is 1. The number of methoxy groups -OCH3 is 1. The number of carbonyl (C=O) groups is 1. The summed E-state index contributed by atoms with van der Waals surface area (Å²) in [7, 11) is 1.41. The number of rotatable bonds is 8. The third-order valence-electron chi connectivity index (χ3n) is 6.22. The molecule has 0 atom stereocenters. The lowest BCUT2D eigenvalue weighted by Gasteiger charge is -2.11. The van der Waals surface area contributed by atoms with Crippen LogP contribution in [0.1, 0.15) is 32.9 Å². The number of imidazole rings is 1. The molecule has 0 fully saturated rings. The molecule has 0 unspecified atom stereocenters. The van der Waals surface area contributed by atoms with E-state index in [-0.39, 0.29) is 28.3 Å². The van der Waals surface area contributed by atoms with Gasteiger partial charge in [0.1, 0.15) is 34.5 Å². The van der Waals surface area contributed by atoms with E-state index in [1.165, 1.54) is 13.2 Å². The van der Waals surface area contributed by atoms with Crippen LogP contribution in [0.2, 0.25) is 0 Å². The predicted molar refractivity (Wildman–Crippen MR) is 148 cm³/mol. The molecule has 0 aliphatic rings. The van der Waals surface area contributed by atoms with E-state index in [1.54, 1.807) is 48.5 Å². The first-order valence-corrected chi connectivity index (χ1v) is 12.2. The Morgan fingerprint density at radius 2 is 1.80 bits per heavy atom. The number of allylic oxidation sites excluding steroid dienone is 1. The van der Waals surface area contributed by atoms with Gasteiger partial charge in [-0.3, -0.25) is 4.79 Å². The smallest absolute Gasteiger partial charge is 0.204 e. The highest BCUT2D eigenvalue weighted by atomic mass is 19.1. The summed E-state index contributed by atoms with van der Waals surface area (Å²) in [5.74, 6) is -2.87. The molecule has 3 N–H and O–H groups in total. The minimum atomic E-state index is -0.911. The van der Waals surface area contributed by atoms with Crippen LogP contribution in [0.15, 0.2) is 84.9 Å². The molecule has 0 radical (unpaired) electrons. The molecule has 40 heavy (non-hydrogen) atoms. The van der Waals surface area contributed by atoms with Crippen LogP contribution in [0, 0.1) is 23.0 Å². The second kappa shape index (κ2) is 11.1. The number of ether oxygens (including phenoxy) is 1. The number of ketones is 1. The summed E-state index contributed by atoms with van der Waals surface area (Å²) in [6, 6.07) is 23.6. The number of halogens is 2. The molecular formula is C31H22F2N4O3. The number of Topliss-reactive ketones (excluding diaryl/α,β-unsaturated/α-hetero) is 1. The molecule has 5 rings (SSSR count). The van der Waals surface area contributed by atoms with Gasteiger partial charge in [0.25, 0.3) is 0 Å². The standard InChI is InChI=1S/C31H22F2N4O3/c1-40-27-8-3-2-7-24(27)30(39)28(29(38)20-12-21(32)14-22(33)13-20)31-36-25-10-9-23(15-26(25)37-31)35-17-19-6-4-5-18(11-19)16-34/h2-15,35,38H,17H2,1H3,(H,36,37). The van der Waals surface area contributed by atoms with E-state index in [0.717, 1.165) is 23.4 Å². The first-order valence-electron chi connectivity index (χ1n) is 12.2. The summed E-state index contributed by atoms with van der Waals surface area (Å²) in [4.78, 5) is 21.3. The van der Waals surface area contributed by atoms with Gasteiger partial charge in [0.2, 0.25) is 5.78 Å². The Bertz CT molecular complexity index is 1800. The second-order valence-electron chi connectivity index (χ2n) is 8.89. The number of aromatic amines is 1. The second-order valence-corrected chi connectivity index (χ2v) is 8.89. The zero-order valence-corrected chi connectivity index (χ0v) is 21.2. The van der Waals surface area contributed by atoms with E-state index in [2.05, 4.69) is 21.4 Å². The summed E-state index contributed by atoms with van der Waals surface area (Å²) in [5.41, 5.74) is 2.89. The van der Waals surface area contributed by atoms with E-state index in [0.29, 0.717) is 29.2 Å². The Hall–Kier alpha value is -5.49. The molecular weight excluding hydrogens is 514 g/mol. The zero-order chi connectivity index (χ0) is 28.2. The molecule has 5 aromatic rings. The number of benzene rings is 4. The summed E-state index contributed by atoms with van der Waals surface area (Å²) >= 11 is 0. The van der Waals surface area contributed by atoms with Crippen LogP contribution in [0.5, 0.6) is 5.75 Å². The first-order chi connectivity index (χ1) is 19.4. The number of nitrogens with one attached hydrogen (secondary N) is 2. The molecule has 4 aromatic carbocycles. The van der Waals surface area contributed by atoms with Crippen LogP contribution in [-0.4, -0.2) is 28.0 Å². The van der Waals surface area contributed by atoms with Gasteiger partial charge in [0.05, 0.1) is 35.3 Å². The van der Waals surface area contributed by atoms with E-state index < -0.39 is 23.2 Å². The van der Waals surface area contributed by atoms with Crippen LogP contribution < -0.4 is 10.1 Å². The zero-order valence-electron chi connectivity index (χ0n) is 21.2. The fourth-order valence-electron chi connectivity index (χ4n) is 4.32. The quantitative estimate of drug-likeness (QED) is 0.116. The molecule has 0 saturated carbocycles. The molecule has 7 nitrogen and oxygen atoms in total. The van der Waals surface area contributed by atoms with Gasteiger partial charge >= 0.3 is 0 Å². The lowest BCUT2D eigenvalue weighted by atomic mass is 9.98. The molecule has 0 amide bonds. The number of fused-ring (bicyclic) bond motifs is 1. The van der Waals surface area contributed by atoms with E-state index in [9.17, 15) is 18.7 Å². The van der Waals surface area contributed by atoms with Crippen molar-refractivity contribution < 1.29 is 23.4 Å². The summed E-state index contributed by atoms with van der Waals surface area (Å²) < 4.78 is 33.4. The first kappa shape index (κ1) is 26.1. The Morgan fingerprint density at radius 3 is 2.55 bits per heavy atom. The molecule has 198 valence electrons. The Balaban J connectivity index is 1.57. The number of para-hydroxylation sites is 1. The van der Waals surface area contributed by atoms with Gasteiger partial charge in [-0.1, -0.05) is 24.3 Å². The predicted octanol–water partition coefficient (Wildman–Crippen LogP) is 6.64. The Labute approximate surface area is 228 Å². The van der Waals surface area contributed by atoms with Crippen LogP contribution in [0.3, 0.4) is 0 Å². The summed E-state index contributed by atoms with van der Waals surface area (Å²) in [6.07, 6.45) is 0. The molecule has 0 aliphatic carbocycles. The Morgan fingerprint density at radius 1 is 1.02 bits per heavy atom. The highest BCUT2D eigenvalue weighted by Gasteiger charge is 2.26. The van der Waals surface area contributed by atoms with Crippen molar-refractivity contribution in [2.24, 2.45) is 0 Å².